The normalized spacial score (nSPS) is 26.5. The first-order chi connectivity index (χ1) is 14.6. The van der Waals surface area contributed by atoms with E-state index >= 15 is 0 Å². The predicted molar refractivity (Wildman–Crippen MR) is 103 cm³/mol. The molecule has 0 aromatic carbocycles. The molecule has 1 aliphatic rings. The molecule has 0 radical (unpaired) electrons. The number of methoxy groups -OCH3 is 2. The van der Waals surface area contributed by atoms with Crippen LogP contribution in [0, 0.1) is 0 Å². The van der Waals surface area contributed by atoms with Crippen molar-refractivity contribution in [1.82, 2.24) is 5.32 Å². The van der Waals surface area contributed by atoms with E-state index in [-0.39, 0.29) is 19.8 Å². The number of esters is 3. The van der Waals surface area contributed by atoms with Crippen LogP contribution >= 0.6 is 0 Å². The van der Waals surface area contributed by atoms with Gasteiger partial charge in [-0.3, -0.25) is 19.2 Å². The number of nitrogens with one attached hydrogen (secondary N) is 1. The van der Waals surface area contributed by atoms with Gasteiger partial charge in [-0.1, -0.05) is 0 Å². The monoisotopic (exact) mass is 449 g/mol. The third kappa shape index (κ3) is 9.17. The van der Waals surface area contributed by atoms with Crippen molar-refractivity contribution in [3.8, 4) is 0 Å². The Morgan fingerprint density at radius 1 is 0.903 bits per heavy atom. The lowest BCUT2D eigenvalue weighted by atomic mass is 9.96. The van der Waals surface area contributed by atoms with Crippen LogP contribution in [-0.2, 0) is 52.3 Å². The average molecular weight is 449 g/mol. The molecule has 1 amide bonds. The van der Waals surface area contributed by atoms with Crippen LogP contribution in [0.3, 0.4) is 0 Å². The molecule has 0 aromatic rings. The first kappa shape index (κ1) is 26.8. The van der Waals surface area contributed by atoms with Crippen molar-refractivity contribution >= 4 is 23.8 Å². The summed E-state index contributed by atoms with van der Waals surface area (Å²) in [6.45, 7) is 4.74. The van der Waals surface area contributed by atoms with Gasteiger partial charge in [0.1, 0.15) is 24.9 Å². The Hall–Kier alpha value is -2.28. The van der Waals surface area contributed by atoms with E-state index in [1.165, 1.54) is 35.0 Å². The summed E-state index contributed by atoms with van der Waals surface area (Å²) in [7, 11) is 2.97. The van der Waals surface area contributed by atoms with E-state index in [2.05, 4.69) is 5.32 Å². The molecular weight excluding hydrogens is 418 g/mol. The van der Waals surface area contributed by atoms with Crippen LogP contribution < -0.4 is 5.32 Å². The van der Waals surface area contributed by atoms with E-state index < -0.39 is 60.6 Å². The molecule has 178 valence electrons. The Morgan fingerprint density at radius 2 is 1.52 bits per heavy atom. The second-order valence-corrected chi connectivity index (χ2v) is 6.87. The fraction of sp³-hybridized carbons (Fsp3) is 0.789. The maximum Gasteiger partial charge on any atom is 0.303 e. The minimum atomic E-state index is -1.17. The summed E-state index contributed by atoms with van der Waals surface area (Å²) in [5.41, 5.74) is 0. The van der Waals surface area contributed by atoms with Gasteiger partial charge in [-0.2, -0.15) is 0 Å². The van der Waals surface area contributed by atoms with Crippen LogP contribution in [0.2, 0.25) is 0 Å². The second kappa shape index (κ2) is 13.2. The van der Waals surface area contributed by atoms with Crippen molar-refractivity contribution in [3.63, 3.8) is 0 Å². The summed E-state index contributed by atoms with van der Waals surface area (Å²) in [6, 6.07) is -1.03. The zero-order valence-electron chi connectivity index (χ0n) is 18.6. The smallest absolute Gasteiger partial charge is 0.303 e. The fourth-order valence-electron chi connectivity index (χ4n) is 3.01. The lowest BCUT2D eigenvalue weighted by Crippen LogP contribution is -2.66. The Bertz CT molecular complexity index is 626. The highest BCUT2D eigenvalue weighted by atomic mass is 16.7. The molecule has 1 N–H and O–H groups in total. The number of amides is 1. The largest absolute Gasteiger partial charge is 0.463 e. The molecule has 6 unspecified atom stereocenters. The minimum Gasteiger partial charge on any atom is -0.463 e. The first-order valence-corrected chi connectivity index (χ1v) is 9.62. The van der Waals surface area contributed by atoms with Crippen molar-refractivity contribution in [1.29, 1.82) is 0 Å². The van der Waals surface area contributed by atoms with E-state index in [0.717, 1.165) is 6.92 Å². The molecule has 6 atom stereocenters. The lowest BCUT2D eigenvalue weighted by molar-refractivity contribution is -0.282. The zero-order chi connectivity index (χ0) is 23.6. The molecule has 31 heavy (non-hydrogen) atoms. The van der Waals surface area contributed by atoms with Gasteiger partial charge < -0.3 is 38.5 Å². The molecule has 0 aromatic heterocycles. The number of ether oxygens (including phenoxy) is 7. The summed E-state index contributed by atoms with van der Waals surface area (Å²) in [4.78, 5) is 46.6. The summed E-state index contributed by atoms with van der Waals surface area (Å²) in [6.07, 6.45) is -4.97. The van der Waals surface area contributed by atoms with Crippen LogP contribution in [-0.4, -0.2) is 94.6 Å². The van der Waals surface area contributed by atoms with E-state index in [9.17, 15) is 19.2 Å². The Kier molecular flexibility index (Phi) is 11.4. The molecule has 0 bridgehead atoms. The van der Waals surface area contributed by atoms with Crippen LogP contribution in [0.4, 0.5) is 0 Å². The molecule has 0 aliphatic carbocycles. The van der Waals surface area contributed by atoms with Crippen molar-refractivity contribution in [3.05, 3.63) is 0 Å². The average Bonchev–Trinajstić information content (AvgIpc) is 2.66. The molecule has 12 heteroatoms. The van der Waals surface area contributed by atoms with Crippen molar-refractivity contribution in [2.24, 2.45) is 0 Å². The topological polar surface area (TPSA) is 145 Å². The number of carbonyl (C=O) groups is 4. The zero-order valence-corrected chi connectivity index (χ0v) is 18.6. The van der Waals surface area contributed by atoms with Crippen molar-refractivity contribution < 1.29 is 52.3 Å². The maximum atomic E-state index is 11.8. The number of hydrogen-bond acceptors (Lipinski definition) is 11. The molecule has 12 nitrogen and oxygen atoms in total. The first-order valence-electron chi connectivity index (χ1n) is 9.62. The minimum absolute atomic E-state index is 0.0103. The quantitative estimate of drug-likeness (QED) is 0.316. The molecular formula is C19H31NO11. The number of hydrogen-bond donors (Lipinski definition) is 1. The summed E-state index contributed by atoms with van der Waals surface area (Å²) in [5, 5.41) is 2.61. The van der Waals surface area contributed by atoms with Gasteiger partial charge in [0.2, 0.25) is 5.91 Å². The molecule has 1 aliphatic heterocycles. The highest BCUT2D eigenvalue weighted by molar-refractivity contribution is 5.73. The molecule has 1 saturated heterocycles. The van der Waals surface area contributed by atoms with Gasteiger partial charge in [0.05, 0.1) is 13.2 Å². The van der Waals surface area contributed by atoms with Gasteiger partial charge in [0.15, 0.2) is 18.5 Å². The predicted octanol–water partition coefficient (Wildman–Crippen LogP) is -0.679. The standard InChI is InChI=1S/C19H31NO11/c1-10(21)20-16-18(30-13(4)24)17(29-12(3)23)15(9-27-11(2)22)31-19(16)28-8-14(26-6)7-25-5/h14-19H,7-9H2,1-6H3,(H,20,21). The fourth-order valence-corrected chi connectivity index (χ4v) is 3.01. The molecule has 1 fully saturated rings. The van der Waals surface area contributed by atoms with Gasteiger partial charge in [0, 0.05) is 41.9 Å². The highest BCUT2D eigenvalue weighted by Gasteiger charge is 2.51. The van der Waals surface area contributed by atoms with E-state index in [4.69, 9.17) is 33.2 Å². The Labute approximate surface area is 180 Å². The van der Waals surface area contributed by atoms with E-state index in [1.54, 1.807) is 0 Å². The van der Waals surface area contributed by atoms with Crippen LogP contribution in [0.1, 0.15) is 27.7 Å². The molecule has 0 spiro atoms. The Balaban J connectivity index is 3.24. The lowest BCUT2D eigenvalue weighted by Gasteiger charge is -2.45. The van der Waals surface area contributed by atoms with Crippen LogP contribution in [0.25, 0.3) is 0 Å². The maximum absolute atomic E-state index is 11.8. The summed E-state index contributed by atoms with van der Waals surface area (Å²) in [5.74, 6) is -2.41. The summed E-state index contributed by atoms with van der Waals surface area (Å²) >= 11 is 0. The number of rotatable bonds is 11. The second-order valence-electron chi connectivity index (χ2n) is 6.87. The molecule has 0 saturated carbocycles. The van der Waals surface area contributed by atoms with E-state index in [1.807, 2.05) is 0 Å². The van der Waals surface area contributed by atoms with Crippen LogP contribution in [0.5, 0.6) is 0 Å². The summed E-state index contributed by atoms with van der Waals surface area (Å²) < 4.78 is 37.7. The van der Waals surface area contributed by atoms with Gasteiger partial charge in [0.25, 0.3) is 0 Å². The van der Waals surface area contributed by atoms with Gasteiger partial charge in [-0.15, -0.1) is 0 Å². The van der Waals surface area contributed by atoms with Crippen molar-refractivity contribution in [2.45, 2.75) is 64.4 Å². The van der Waals surface area contributed by atoms with Gasteiger partial charge >= 0.3 is 17.9 Å². The van der Waals surface area contributed by atoms with Gasteiger partial charge in [-0.25, -0.2) is 0 Å². The highest BCUT2D eigenvalue weighted by Crippen LogP contribution is 2.28. The molecule has 1 rings (SSSR count). The third-order valence-corrected chi connectivity index (χ3v) is 4.20. The third-order valence-electron chi connectivity index (χ3n) is 4.20. The van der Waals surface area contributed by atoms with Crippen LogP contribution in [0.15, 0.2) is 0 Å². The number of carbonyl (C=O) groups excluding carboxylic acids is 4. The Morgan fingerprint density at radius 3 is 2.00 bits per heavy atom. The van der Waals surface area contributed by atoms with Gasteiger partial charge in [-0.05, 0) is 0 Å². The SMILES string of the molecule is COCC(COC1OC(COC(C)=O)C(OC(C)=O)C(OC(C)=O)C1NC(C)=O)OC. The van der Waals surface area contributed by atoms with E-state index in [0.29, 0.717) is 0 Å². The van der Waals surface area contributed by atoms with Crippen molar-refractivity contribution in [2.75, 3.05) is 34.0 Å². The molecule has 1 heterocycles.